The summed E-state index contributed by atoms with van der Waals surface area (Å²) in [7, 11) is 0. The summed E-state index contributed by atoms with van der Waals surface area (Å²) in [6.07, 6.45) is 0.818. The molecule has 2 heterocycles. The first-order valence-electron chi connectivity index (χ1n) is 12.0. The minimum Gasteiger partial charge on any atom is -0.337 e. The van der Waals surface area contributed by atoms with Crippen molar-refractivity contribution < 1.29 is 9.59 Å². The molecule has 2 amide bonds. The summed E-state index contributed by atoms with van der Waals surface area (Å²) < 4.78 is 0. The van der Waals surface area contributed by atoms with E-state index in [2.05, 4.69) is 10.2 Å². The molecule has 4 aromatic rings. The fourth-order valence-corrected chi connectivity index (χ4v) is 4.54. The Morgan fingerprint density at radius 2 is 1.51 bits per heavy atom. The molecular weight excluding hydrogens is 436 g/mol. The SMILES string of the molecule is O=C(CN1CCCN(C(=O)c2cc(-c3ccccc3)nc3ccccc23)CC1)Nc1ccccc1. The Morgan fingerprint density at radius 3 is 2.31 bits per heavy atom. The van der Waals surface area contributed by atoms with E-state index in [9.17, 15) is 9.59 Å². The maximum Gasteiger partial charge on any atom is 0.254 e. The molecule has 6 heteroatoms. The van der Waals surface area contributed by atoms with Crippen LogP contribution >= 0.6 is 0 Å². The highest BCUT2D eigenvalue weighted by Gasteiger charge is 2.23. The third-order valence-electron chi connectivity index (χ3n) is 6.32. The monoisotopic (exact) mass is 464 g/mol. The van der Waals surface area contributed by atoms with Crippen LogP contribution in [0.5, 0.6) is 0 Å². The number of benzene rings is 3. The third-order valence-corrected chi connectivity index (χ3v) is 6.32. The van der Waals surface area contributed by atoms with Crippen LogP contribution < -0.4 is 5.32 Å². The zero-order chi connectivity index (χ0) is 24.0. The van der Waals surface area contributed by atoms with Crippen molar-refractivity contribution in [2.45, 2.75) is 6.42 Å². The molecule has 1 aromatic heterocycles. The lowest BCUT2D eigenvalue weighted by atomic mass is 10.0. The van der Waals surface area contributed by atoms with Crippen molar-refractivity contribution in [3.05, 3.63) is 96.6 Å². The normalized spacial score (nSPS) is 14.5. The van der Waals surface area contributed by atoms with Gasteiger partial charge in [0.2, 0.25) is 5.91 Å². The molecule has 0 radical (unpaired) electrons. The van der Waals surface area contributed by atoms with E-state index in [1.165, 1.54) is 0 Å². The smallest absolute Gasteiger partial charge is 0.254 e. The van der Waals surface area contributed by atoms with Crippen LogP contribution in [0.4, 0.5) is 5.69 Å². The third kappa shape index (κ3) is 5.39. The molecular formula is C29H28N4O2. The van der Waals surface area contributed by atoms with Gasteiger partial charge in [-0.05, 0) is 30.7 Å². The van der Waals surface area contributed by atoms with Crippen molar-refractivity contribution in [2.75, 3.05) is 38.0 Å². The van der Waals surface area contributed by atoms with Crippen molar-refractivity contribution >= 4 is 28.4 Å². The van der Waals surface area contributed by atoms with Gasteiger partial charge in [0.15, 0.2) is 0 Å². The van der Waals surface area contributed by atoms with Gasteiger partial charge >= 0.3 is 0 Å². The highest BCUT2D eigenvalue weighted by atomic mass is 16.2. The van der Waals surface area contributed by atoms with Gasteiger partial charge in [-0.15, -0.1) is 0 Å². The Balaban J connectivity index is 1.31. The molecule has 6 nitrogen and oxygen atoms in total. The average Bonchev–Trinajstić information content (AvgIpc) is 3.14. The van der Waals surface area contributed by atoms with E-state index in [1.54, 1.807) is 0 Å². The Bertz CT molecular complexity index is 1320. The number of hydrogen-bond donors (Lipinski definition) is 1. The minimum absolute atomic E-state index is 0.0105. The van der Waals surface area contributed by atoms with Crippen LogP contribution in [0.15, 0.2) is 91.0 Å². The average molecular weight is 465 g/mol. The molecule has 176 valence electrons. The molecule has 0 bridgehead atoms. The summed E-state index contributed by atoms with van der Waals surface area (Å²) in [5.74, 6) is -0.0278. The molecule has 1 aliphatic heterocycles. The van der Waals surface area contributed by atoms with Gasteiger partial charge < -0.3 is 10.2 Å². The Labute approximate surface area is 205 Å². The van der Waals surface area contributed by atoms with Crippen LogP contribution in [-0.2, 0) is 4.79 Å². The van der Waals surface area contributed by atoms with Gasteiger partial charge in [-0.3, -0.25) is 14.5 Å². The van der Waals surface area contributed by atoms with E-state index in [0.29, 0.717) is 31.7 Å². The number of nitrogens with one attached hydrogen (secondary N) is 1. The predicted octanol–water partition coefficient (Wildman–Crippen LogP) is 4.69. The first kappa shape index (κ1) is 22.7. The second-order valence-electron chi connectivity index (χ2n) is 8.77. The van der Waals surface area contributed by atoms with E-state index < -0.39 is 0 Å². The molecule has 1 N–H and O–H groups in total. The lowest BCUT2D eigenvalue weighted by molar-refractivity contribution is -0.117. The fraction of sp³-hybridized carbons (Fsp3) is 0.207. The largest absolute Gasteiger partial charge is 0.337 e. The lowest BCUT2D eigenvalue weighted by Crippen LogP contribution is -2.38. The Morgan fingerprint density at radius 1 is 0.800 bits per heavy atom. The topological polar surface area (TPSA) is 65.5 Å². The van der Waals surface area contributed by atoms with Gasteiger partial charge in [0.1, 0.15) is 0 Å². The number of rotatable bonds is 5. The summed E-state index contributed by atoms with van der Waals surface area (Å²) in [6, 6.07) is 29.1. The van der Waals surface area contributed by atoms with Crippen molar-refractivity contribution in [1.29, 1.82) is 0 Å². The molecule has 5 rings (SSSR count). The number of carbonyl (C=O) groups excluding carboxylic acids is 2. The van der Waals surface area contributed by atoms with E-state index in [4.69, 9.17) is 4.98 Å². The maximum absolute atomic E-state index is 13.7. The first-order chi connectivity index (χ1) is 17.2. The zero-order valence-corrected chi connectivity index (χ0v) is 19.6. The van der Waals surface area contributed by atoms with Crippen LogP contribution in [0.25, 0.3) is 22.2 Å². The van der Waals surface area contributed by atoms with E-state index in [0.717, 1.165) is 40.8 Å². The molecule has 1 saturated heterocycles. The van der Waals surface area contributed by atoms with E-state index in [-0.39, 0.29) is 11.8 Å². The molecule has 0 unspecified atom stereocenters. The second kappa shape index (κ2) is 10.5. The minimum atomic E-state index is -0.0383. The molecule has 35 heavy (non-hydrogen) atoms. The standard InChI is InChI=1S/C29H28N4O2/c34-28(30-23-12-5-2-6-13-23)21-32-16-9-17-33(19-18-32)29(35)25-20-27(22-10-3-1-4-11-22)31-26-15-8-7-14-24(25)26/h1-8,10-15,20H,9,16-19,21H2,(H,30,34). The summed E-state index contributed by atoms with van der Waals surface area (Å²) in [6.45, 7) is 2.98. The molecule has 0 saturated carbocycles. The number of amides is 2. The van der Waals surface area contributed by atoms with Crippen LogP contribution in [0.2, 0.25) is 0 Å². The maximum atomic E-state index is 13.7. The zero-order valence-electron chi connectivity index (χ0n) is 19.6. The number of para-hydroxylation sites is 2. The molecule has 3 aromatic carbocycles. The number of anilines is 1. The summed E-state index contributed by atoms with van der Waals surface area (Å²) in [5.41, 5.74) is 4.05. The van der Waals surface area contributed by atoms with Crippen LogP contribution in [0, 0.1) is 0 Å². The van der Waals surface area contributed by atoms with Crippen molar-refractivity contribution in [1.82, 2.24) is 14.8 Å². The number of carbonyl (C=O) groups is 2. The van der Waals surface area contributed by atoms with Crippen LogP contribution in [0.1, 0.15) is 16.8 Å². The predicted molar refractivity (Wildman–Crippen MR) is 139 cm³/mol. The van der Waals surface area contributed by atoms with Gasteiger partial charge in [-0.25, -0.2) is 4.98 Å². The Hall–Kier alpha value is -4.03. The van der Waals surface area contributed by atoms with Crippen molar-refractivity contribution in [2.24, 2.45) is 0 Å². The number of hydrogen-bond acceptors (Lipinski definition) is 4. The first-order valence-corrected chi connectivity index (χ1v) is 12.0. The summed E-state index contributed by atoms with van der Waals surface area (Å²) in [5, 5.41) is 3.80. The van der Waals surface area contributed by atoms with Crippen molar-refractivity contribution in [3.63, 3.8) is 0 Å². The van der Waals surface area contributed by atoms with E-state index in [1.807, 2.05) is 95.9 Å². The molecule has 0 atom stereocenters. The number of pyridine rings is 1. The quantitative estimate of drug-likeness (QED) is 0.465. The van der Waals surface area contributed by atoms with Gasteiger partial charge in [0.05, 0.1) is 23.3 Å². The van der Waals surface area contributed by atoms with Gasteiger partial charge in [-0.1, -0.05) is 66.7 Å². The molecule has 1 fully saturated rings. The van der Waals surface area contributed by atoms with Gasteiger partial charge in [-0.2, -0.15) is 0 Å². The second-order valence-corrected chi connectivity index (χ2v) is 8.77. The van der Waals surface area contributed by atoms with Gasteiger partial charge in [0, 0.05) is 42.8 Å². The highest BCUT2D eigenvalue weighted by Crippen LogP contribution is 2.26. The number of nitrogens with zero attached hydrogens (tertiary/aromatic N) is 3. The fourth-order valence-electron chi connectivity index (χ4n) is 4.54. The van der Waals surface area contributed by atoms with Gasteiger partial charge in [0.25, 0.3) is 5.91 Å². The van der Waals surface area contributed by atoms with E-state index >= 15 is 0 Å². The van der Waals surface area contributed by atoms with Crippen LogP contribution in [0.3, 0.4) is 0 Å². The summed E-state index contributed by atoms with van der Waals surface area (Å²) in [4.78, 5) is 35.1. The number of fused-ring (bicyclic) bond motifs is 1. The molecule has 0 spiro atoms. The molecule has 1 aliphatic rings. The van der Waals surface area contributed by atoms with Crippen LogP contribution in [-0.4, -0.2) is 59.3 Å². The highest BCUT2D eigenvalue weighted by molar-refractivity contribution is 6.07. The molecule has 0 aliphatic carbocycles. The Kier molecular flexibility index (Phi) is 6.82. The van der Waals surface area contributed by atoms with Crippen molar-refractivity contribution in [3.8, 4) is 11.3 Å². The summed E-state index contributed by atoms with van der Waals surface area (Å²) >= 11 is 0. The lowest BCUT2D eigenvalue weighted by Gasteiger charge is -2.22. The number of aromatic nitrogens is 1.